The molecule has 1 N–H and O–H groups in total. The van der Waals surface area contributed by atoms with Crippen molar-refractivity contribution in [2.75, 3.05) is 13.6 Å². The Kier molecular flexibility index (Phi) is 3.72. The molecule has 0 saturated carbocycles. The van der Waals surface area contributed by atoms with Gasteiger partial charge in [0.2, 0.25) is 5.91 Å². The van der Waals surface area contributed by atoms with E-state index in [-0.39, 0.29) is 11.8 Å². The van der Waals surface area contributed by atoms with Crippen LogP contribution in [0.5, 0.6) is 0 Å². The largest absolute Gasteiger partial charge is 0.351 e. The van der Waals surface area contributed by atoms with Gasteiger partial charge in [-0.25, -0.2) is 9.99 Å². The molecule has 0 radical (unpaired) electrons. The number of amides is 2. The van der Waals surface area contributed by atoms with Crippen molar-refractivity contribution in [3.8, 4) is 0 Å². The van der Waals surface area contributed by atoms with E-state index in [2.05, 4.69) is 20.0 Å². The van der Waals surface area contributed by atoms with Gasteiger partial charge in [0.05, 0.1) is 0 Å². The zero-order valence-electron chi connectivity index (χ0n) is 12.1. The summed E-state index contributed by atoms with van der Waals surface area (Å²) in [5.41, 5.74) is 0.439. The van der Waals surface area contributed by atoms with Crippen LogP contribution in [-0.4, -0.2) is 45.7 Å². The third kappa shape index (κ3) is 2.96. The summed E-state index contributed by atoms with van der Waals surface area (Å²) >= 11 is 0. The Labute approximate surface area is 123 Å². The van der Waals surface area contributed by atoms with Gasteiger partial charge < -0.3 is 9.88 Å². The molecule has 0 aliphatic carbocycles. The average Bonchev–Trinajstić information content (AvgIpc) is 2.95. The number of nitrogens with zero attached hydrogens (tertiary/aromatic N) is 4. The Morgan fingerprint density at radius 1 is 1.48 bits per heavy atom. The van der Waals surface area contributed by atoms with Crippen molar-refractivity contribution in [2.24, 2.45) is 11.0 Å². The van der Waals surface area contributed by atoms with Gasteiger partial charge in [0.25, 0.3) is 5.91 Å². The fourth-order valence-electron chi connectivity index (χ4n) is 2.76. The predicted molar refractivity (Wildman–Crippen MR) is 76.5 cm³/mol. The highest BCUT2D eigenvalue weighted by molar-refractivity contribution is 6.39. The molecular formula is C14H19N5O2. The fourth-order valence-corrected chi connectivity index (χ4v) is 2.76. The molecule has 1 aromatic rings. The third-order valence-corrected chi connectivity index (χ3v) is 4.07. The Morgan fingerprint density at radius 3 is 3.14 bits per heavy atom. The van der Waals surface area contributed by atoms with Crippen LogP contribution < -0.4 is 5.32 Å². The lowest BCUT2D eigenvalue weighted by atomic mass is 9.97. The number of hydrogen-bond acceptors (Lipinski definition) is 4. The Morgan fingerprint density at radius 2 is 2.33 bits per heavy atom. The zero-order valence-corrected chi connectivity index (χ0v) is 12.1. The zero-order chi connectivity index (χ0) is 14.8. The SMILES string of the molecule is CN1N=C(C(=O)NCC2CCn3ccnc3C2)CCC1=O. The van der Waals surface area contributed by atoms with Crippen LogP contribution in [0.1, 0.15) is 25.1 Å². The normalized spacial score (nSPS) is 21.8. The fraction of sp³-hybridized carbons (Fsp3) is 0.571. The van der Waals surface area contributed by atoms with Gasteiger partial charge in [0.15, 0.2) is 0 Å². The summed E-state index contributed by atoms with van der Waals surface area (Å²) in [6.45, 7) is 1.58. The van der Waals surface area contributed by atoms with E-state index in [4.69, 9.17) is 0 Å². The van der Waals surface area contributed by atoms with E-state index < -0.39 is 0 Å². The Balaban J connectivity index is 1.53. The van der Waals surface area contributed by atoms with Crippen LogP contribution in [0.3, 0.4) is 0 Å². The topological polar surface area (TPSA) is 79.6 Å². The molecule has 2 amide bonds. The smallest absolute Gasteiger partial charge is 0.267 e. The summed E-state index contributed by atoms with van der Waals surface area (Å²) in [6, 6.07) is 0. The number of carbonyl (C=O) groups excluding carboxylic acids is 2. The lowest BCUT2D eigenvalue weighted by Gasteiger charge is -2.24. The summed E-state index contributed by atoms with van der Waals surface area (Å²) in [5.74, 6) is 1.28. The maximum Gasteiger partial charge on any atom is 0.267 e. The first-order chi connectivity index (χ1) is 10.1. The van der Waals surface area contributed by atoms with Gasteiger partial charge in [0, 0.05) is 51.8 Å². The van der Waals surface area contributed by atoms with E-state index in [0.717, 1.165) is 25.2 Å². The predicted octanol–water partition coefficient (Wildman–Crippen LogP) is 0.170. The molecule has 1 unspecified atom stereocenters. The van der Waals surface area contributed by atoms with E-state index in [9.17, 15) is 9.59 Å². The van der Waals surface area contributed by atoms with Crippen LogP contribution in [0.2, 0.25) is 0 Å². The van der Waals surface area contributed by atoms with E-state index in [1.165, 1.54) is 5.01 Å². The number of nitrogens with one attached hydrogen (secondary N) is 1. The number of rotatable bonds is 3. The van der Waals surface area contributed by atoms with E-state index in [0.29, 0.717) is 31.0 Å². The van der Waals surface area contributed by atoms with Gasteiger partial charge in [-0.05, 0) is 12.3 Å². The van der Waals surface area contributed by atoms with E-state index >= 15 is 0 Å². The summed E-state index contributed by atoms with van der Waals surface area (Å²) in [5, 5.41) is 8.21. The molecule has 2 aliphatic heterocycles. The van der Waals surface area contributed by atoms with Crippen molar-refractivity contribution >= 4 is 17.5 Å². The van der Waals surface area contributed by atoms with Gasteiger partial charge >= 0.3 is 0 Å². The number of fused-ring (bicyclic) bond motifs is 1. The van der Waals surface area contributed by atoms with Crippen LogP contribution in [0.4, 0.5) is 0 Å². The highest BCUT2D eigenvalue weighted by atomic mass is 16.2. The van der Waals surface area contributed by atoms with Gasteiger partial charge in [-0.2, -0.15) is 5.10 Å². The number of aromatic nitrogens is 2. The van der Waals surface area contributed by atoms with Gasteiger partial charge in [-0.15, -0.1) is 0 Å². The lowest BCUT2D eigenvalue weighted by molar-refractivity contribution is -0.130. The highest BCUT2D eigenvalue weighted by Crippen LogP contribution is 2.18. The number of hydrogen-bond donors (Lipinski definition) is 1. The van der Waals surface area contributed by atoms with Crippen molar-refractivity contribution in [3.05, 3.63) is 18.2 Å². The molecule has 0 spiro atoms. The van der Waals surface area contributed by atoms with Crippen LogP contribution in [0.15, 0.2) is 17.5 Å². The molecular weight excluding hydrogens is 270 g/mol. The molecule has 0 bridgehead atoms. The maximum atomic E-state index is 12.1. The first kappa shape index (κ1) is 13.8. The summed E-state index contributed by atoms with van der Waals surface area (Å²) in [4.78, 5) is 27.7. The summed E-state index contributed by atoms with van der Waals surface area (Å²) in [7, 11) is 1.58. The highest BCUT2D eigenvalue weighted by Gasteiger charge is 2.24. The molecule has 112 valence electrons. The monoisotopic (exact) mass is 289 g/mol. The molecule has 3 heterocycles. The van der Waals surface area contributed by atoms with Crippen LogP contribution >= 0.6 is 0 Å². The molecule has 0 fully saturated rings. The van der Waals surface area contributed by atoms with Crippen molar-refractivity contribution in [2.45, 2.75) is 32.2 Å². The molecule has 0 aromatic carbocycles. The number of imidazole rings is 1. The van der Waals surface area contributed by atoms with Crippen LogP contribution in [0, 0.1) is 5.92 Å². The lowest BCUT2D eigenvalue weighted by Crippen LogP contribution is -2.40. The first-order valence-electron chi connectivity index (χ1n) is 7.25. The molecule has 7 heteroatoms. The molecule has 2 aliphatic rings. The molecule has 1 aromatic heterocycles. The van der Waals surface area contributed by atoms with Crippen molar-refractivity contribution < 1.29 is 9.59 Å². The molecule has 0 saturated heterocycles. The molecule has 3 rings (SSSR count). The summed E-state index contributed by atoms with van der Waals surface area (Å²) < 4.78 is 2.16. The second-order valence-electron chi connectivity index (χ2n) is 5.57. The maximum absolute atomic E-state index is 12.1. The second kappa shape index (κ2) is 5.67. The Hall–Kier alpha value is -2.18. The first-order valence-corrected chi connectivity index (χ1v) is 7.25. The Bertz CT molecular complexity index is 592. The van der Waals surface area contributed by atoms with Gasteiger partial charge in [-0.3, -0.25) is 9.59 Å². The van der Waals surface area contributed by atoms with Gasteiger partial charge in [-0.1, -0.05) is 0 Å². The van der Waals surface area contributed by atoms with E-state index in [1.807, 2.05) is 12.4 Å². The molecule has 7 nitrogen and oxygen atoms in total. The van der Waals surface area contributed by atoms with Crippen LogP contribution in [-0.2, 0) is 22.6 Å². The standard InChI is InChI=1S/C14H19N5O2/c1-18-13(20)3-2-11(17-18)14(21)16-9-10-4-6-19-7-5-15-12(19)8-10/h5,7,10H,2-4,6,8-9H2,1H3,(H,16,21). The minimum atomic E-state index is -0.164. The van der Waals surface area contributed by atoms with Crippen molar-refractivity contribution in [1.29, 1.82) is 0 Å². The van der Waals surface area contributed by atoms with Crippen LogP contribution in [0.25, 0.3) is 0 Å². The average molecular weight is 289 g/mol. The number of carbonyl (C=O) groups is 2. The van der Waals surface area contributed by atoms with Gasteiger partial charge in [0.1, 0.15) is 11.5 Å². The number of hydrazone groups is 1. The molecule has 1 atom stereocenters. The van der Waals surface area contributed by atoms with Crippen molar-refractivity contribution in [1.82, 2.24) is 19.9 Å². The molecule has 21 heavy (non-hydrogen) atoms. The minimum absolute atomic E-state index is 0.0503. The third-order valence-electron chi connectivity index (χ3n) is 4.07. The minimum Gasteiger partial charge on any atom is -0.351 e. The van der Waals surface area contributed by atoms with E-state index in [1.54, 1.807) is 7.05 Å². The second-order valence-corrected chi connectivity index (χ2v) is 5.57. The number of aryl methyl sites for hydroxylation is 1. The van der Waals surface area contributed by atoms with Crippen molar-refractivity contribution in [3.63, 3.8) is 0 Å². The quantitative estimate of drug-likeness (QED) is 0.861. The summed E-state index contributed by atoms with van der Waals surface area (Å²) in [6.07, 6.45) is 6.51.